The Bertz CT molecular complexity index is 1080. The Labute approximate surface area is 182 Å². The second-order valence-corrected chi connectivity index (χ2v) is 8.12. The number of aromatic nitrogens is 2. The van der Waals surface area contributed by atoms with Gasteiger partial charge in [0, 0.05) is 11.2 Å². The Morgan fingerprint density at radius 1 is 1.42 bits per heavy atom. The lowest BCUT2D eigenvalue weighted by Crippen LogP contribution is -2.61. The fraction of sp³-hybridized carbons (Fsp3) is 0.333. The summed E-state index contributed by atoms with van der Waals surface area (Å²) in [5.41, 5.74) is 2.37. The third kappa shape index (κ3) is 3.82. The molecule has 1 saturated heterocycles. The van der Waals surface area contributed by atoms with E-state index in [-0.39, 0.29) is 30.0 Å². The van der Waals surface area contributed by atoms with E-state index in [4.69, 9.17) is 11.6 Å². The van der Waals surface area contributed by atoms with Crippen molar-refractivity contribution in [2.24, 2.45) is 5.92 Å². The standard InChI is InChI=1S/C21H21ClN4O5/c1-10(27)18-16-6-14(19(21(30)31)26(16)20(18)29)11-2-3-12(15(22)4-11)5-17(28)24-8-13-7-23-9-25-13/h2-4,7,9-10,16,18,27H,5-6,8H2,1H3,(H,23,25)(H,24,28)(H,30,31)/t10-,16-,18-/m1/s1. The summed E-state index contributed by atoms with van der Waals surface area (Å²) < 4.78 is 0. The zero-order valence-corrected chi connectivity index (χ0v) is 17.4. The first-order chi connectivity index (χ1) is 14.8. The fourth-order valence-electron chi connectivity index (χ4n) is 4.22. The van der Waals surface area contributed by atoms with Gasteiger partial charge in [-0.2, -0.15) is 0 Å². The number of carbonyl (C=O) groups excluding carboxylic acids is 2. The average molecular weight is 445 g/mol. The van der Waals surface area contributed by atoms with Crippen LogP contribution in [0.15, 0.2) is 36.4 Å². The first-order valence-corrected chi connectivity index (χ1v) is 10.2. The zero-order chi connectivity index (χ0) is 22.3. The van der Waals surface area contributed by atoms with Crippen LogP contribution in [0.1, 0.15) is 30.2 Å². The minimum atomic E-state index is -1.20. The van der Waals surface area contributed by atoms with E-state index in [1.165, 1.54) is 18.2 Å². The number of aromatic amines is 1. The first kappa shape index (κ1) is 21.1. The van der Waals surface area contributed by atoms with Crippen LogP contribution in [0, 0.1) is 5.92 Å². The SMILES string of the molecule is C[C@@H](O)[C@H]1C(=O)N2C(C(=O)O)=C(c3ccc(CC(=O)NCc4cnc[nH]4)c(Cl)c3)C[C@H]12. The summed E-state index contributed by atoms with van der Waals surface area (Å²) in [6, 6.07) is 4.63. The van der Waals surface area contributed by atoms with Crippen molar-refractivity contribution in [3.63, 3.8) is 0 Å². The molecule has 0 saturated carbocycles. The summed E-state index contributed by atoms with van der Waals surface area (Å²) in [7, 11) is 0. The molecule has 31 heavy (non-hydrogen) atoms. The lowest BCUT2D eigenvalue weighted by atomic mass is 9.82. The van der Waals surface area contributed by atoms with Crippen molar-refractivity contribution in [3.8, 4) is 0 Å². The van der Waals surface area contributed by atoms with Crippen LogP contribution in [0.25, 0.3) is 5.57 Å². The van der Waals surface area contributed by atoms with Crippen molar-refractivity contribution < 1.29 is 24.6 Å². The molecule has 9 nitrogen and oxygen atoms in total. The summed E-state index contributed by atoms with van der Waals surface area (Å²) in [5, 5.41) is 22.6. The van der Waals surface area contributed by atoms with Crippen LogP contribution in [-0.2, 0) is 27.3 Å². The molecule has 0 unspecified atom stereocenters. The third-order valence-electron chi connectivity index (χ3n) is 5.71. The molecule has 2 aliphatic rings. The molecular formula is C21H21ClN4O5. The van der Waals surface area contributed by atoms with Crippen molar-refractivity contribution in [3.05, 3.63) is 58.3 Å². The fourth-order valence-corrected chi connectivity index (χ4v) is 4.46. The number of hydrogen-bond acceptors (Lipinski definition) is 5. The van der Waals surface area contributed by atoms with E-state index in [0.29, 0.717) is 34.7 Å². The number of halogens is 1. The number of benzene rings is 1. The maximum Gasteiger partial charge on any atom is 0.352 e. The number of aliphatic carboxylic acids is 1. The van der Waals surface area contributed by atoms with Gasteiger partial charge in [0.05, 0.1) is 43.1 Å². The average Bonchev–Trinajstić information content (AvgIpc) is 3.33. The summed E-state index contributed by atoms with van der Waals surface area (Å²) in [4.78, 5) is 44.5. The third-order valence-corrected chi connectivity index (χ3v) is 6.07. The quantitative estimate of drug-likeness (QED) is 0.476. The minimum Gasteiger partial charge on any atom is -0.477 e. The molecular weight excluding hydrogens is 424 g/mol. The molecule has 162 valence electrons. The lowest BCUT2D eigenvalue weighted by molar-refractivity contribution is -0.161. The van der Waals surface area contributed by atoms with E-state index in [0.717, 1.165) is 5.69 Å². The van der Waals surface area contributed by atoms with Gasteiger partial charge in [0.15, 0.2) is 0 Å². The molecule has 4 rings (SSSR count). The Kier molecular flexibility index (Phi) is 5.55. The van der Waals surface area contributed by atoms with Crippen LogP contribution < -0.4 is 5.32 Å². The van der Waals surface area contributed by atoms with E-state index < -0.39 is 18.0 Å². The van der Waals surface area contributed by atoms with Crippen molar-refractivity contribution >= 4 is 35.0 Å². The molecule has 0 bridgehead atoms. The number of carbonyl (C=O) groups is 3. The van der Waals surface area contributed by atoms with Gasteiger partial charge in [0.2, 0.25) is 11.8 Å². The molecule has 0 spiro atoms. The molecule has 1 fully saturated rings. The number of aliphatic hydroxyl groups excluding tert-OH is 1. The van der Waals surface area contributed by atoms with Gasteiger partial charge in [-0.3, -0.25) is 9.59 Å². The maximum atomic E-state index is 12.4. The molecule has 2 aromatic rings. The van der Waals surface area contributed by atoms with E-state index in [9.17, 15) is 24.6 Å². The molecule has 3 heterocycles. The number of H-pyrrole nitrogens is 1. The summed E-state index contributed by atoms with van der Waals surface area (Å²) in [6.45, 7) is 1.85. The Morgan fingerprint density at radius 2 is 2.19 bits per heavy atom. The van der Waals surface area contributed by atoms with Crippen LogP contribution in [0.4, 0.5) is 0 Å². The number of carboxylic acid groups (broad SMARTS) is 1. The van der Waals surface area contributed by atoms with Gasteiger partial charge >= 0.3 is 5.97 Å². The van der Waals surface area contributed by atoms with E-state index in [2.05, 4.69) is 15.3 Å². The van der Waals surface area contributed by atoms with Crippen molar-refractivity contribution in [2.75, 3.05) is 0 Å². The summed E-state index contributed by atoms with van der Waals surface area (Å²) >= 11 is 6.39. The van der Waals surface area contributed by atoms with Gasteiger partial charge in [-0.05, 0) is 36.1 Å². The number of fused-ring (bicyclic) bond motifs is 1. The number of aliphatic hydroxyl groups is 1. The van der Waals surface area contributed by atoms with Crippen LogP contribution in [0.5, 0.6) is 0 Å². The molecule has 2 amide bonds. The highest BCUT2D eigenvalue weighted by atomic mass is 35.5. The molecule has 1 aromatic heterocycles. The maximum absolute atomic E-state index is 12.4. The normalized spacial score (nSPS) is 21.0. The van der Waals surface area contributed by atoms with Crippen LogP contribution in [0.2, 0.25) is 5.02 Å². The number of amides is 2. The van der Waals surface area contributed by atoms with Gasteiger partial charge < -0.3 is 25.4 Å². The lowest BCUT2D eigenvalue weighted by Gasteiger charge is -2.44. The molecule has 3 atom stereocenters. The molecule has 2 aliphatic heterocycles. The van der Waals surface area contributed by atoms with Crippen LogP contribution in [0.3, 0.4) is 0 Å². The highest BCUT2D eigenvalue weighted by Gasteiger charge is 2.56. The van der Waals surface area contributed by atoms with Crippen LogP contribution >= 0.6 is 11.6 Å². The van der Waals surface area contributed by atoms with E-state index >= 15 is 0 Å². The number of imidazole rings is 1. The van der Waals surface area contributed by atoms with Gasteiger partial charge in [-0.1, -0.05) is 23.7 Å². The molecule has 1 aromatic carbocycles. The topological polar surface area (TPSA) is 136 Å². The first-order valence-electron chi connectivity index (χ1n) is 9.78. The van der Waals surface area contributed by atoms with Crippen molar-refractivity contribution in [1.29, 1.82) is 0 Å². The predicted molar refractivity (Wildman–Crippen MR) is 111 cm³/mol. The van der Waals surface area contributed by atoms with Crippen molar-refractivity contribution in [2.45, 2.75) is 38.5 Å². The van der Waals surface area contributed by atoms with Crippen molar-refractivity contribution in [1.82, 2.24) is 20.2 Å². The Hall–Kier alpha value is -3.17. The Morgan fingerprint density at radius 3 is 2.81 bits per heavy atom. The number of nitrogens with zero attached hydrogens (tertiary/aromatic N) is 2. The number of hydrogen-bond donors (Lipinski definition) is 4. The highest BCUT2D eigenvalue weighted by Crippen LogP contribution is 2.47. The number of β-lactam (4-membered cyclic amide) rings is 1. The summed E-state index contributed by atoms with van der Waals surface area (Å²) in [6.07, 6.45) is 2.68. The number of nitrogens with one attached hydrogen (secondary N) is 2. The second kappa shape index (κ2) is 8.16. The van der Waals surface area contributed by atoms with Crippen LogP contribution in [-0.4, -0.2) is 55.0 Å². The van der Waals surface area contributed by atoms with E-state index in [1.807, 2.05) is 0 Å². The molecule has 10 heteroatoms. The van der Waals surface area contributed by atoms with Gasteiger partial charge in [0.25, 0.3) is 0 Å². The summed E-state index contributed by atoms with van der Waals surface area (Å²) in [5.74, 6) is -2.41. The Balaban J connectivity index is 1.51. The monoisotopic (exact) mass is 444 g/mol. The number of carboxylic acids is 1. The molecule has 4 N–H and O–H groups in total. The largest absolute Gasteiger partial charge is 0.477 e. The molecule has 0 radical (unpaired) electrons. The van der Waals surface area contributed by atoms with E-state index in [1.54, 1.807) is 24.4 Å². The minimum absolute atomic E-state index is 0.0649. The smallest absolute Gasteiger partial charge is 0.352 e. The van der Waals surface area contributed by atoms with Gasteiger partial charge in [-0.15, -0.1) is 0 Å². The number of rotatable bonds is 7. The molecule has 0 aliphatic carbocycles. The second-order valence-electron chi connectivity index (χ2n) is 7.71. The highest BCUT2D eigenvalue weighted by molar-refractivity contribution is 6.31. The van der Waals surface area contributed by atoms with Gasteiger partial charge in [0.1, 0.15) is 5.70 Å². The zero-order valence-electron chi connectivity index (χ0n) is 16.6. The van der Waals surface area contributed by atoms with Gasteiger partial charge in [-0.25, -0.2) is 9.78 Å². The predicted octanol–water partition coefficient (Wildman–Crippen LogP) is 1.33.